The predicted molar refractivity (Wildman–Crippen MR) is 138 cm³/mol. The van der Waals surface area contributed by atoms with Gasteiger partial charge in [-0.05, 0) is 74.4 Å². The number of carbonyl (C=O) groups is 1. The van der Waals surface area contributed by atoms with Crippen LogP contribution in [-0.2, 0) is 14.8 Å². The molecular formula is C25H26BrN3O4S. The second-order valence-electron chi connectivity index (χ2n) is 7.85. The molecule has 0 aliphatic rings. The lowest BCUT2D eigenvalue weighted by molar-refractivity contribution is -0.119. The van der Waals surface area contributed by atoms with Gasteiger partial charge in [0.1, 0.15) is 12.3 Å². The van der Waals surface area contributed by atoms with Crippen molar-refractivity contribution >= 4 is 43.8 Å². The zero-order valence-corrected chi connectivity index (χ0v) is 21.8. The summed E-state index contributed by atoms with van der Waals surface area (Å²) in [5.74, 6) is 0.0000646. The fraction of sp³-hybridized carbons (Fsp3) is 0.200. The van der Waals surface area contributed by atoms with E-state index in [4.69, 9.17) is 4.74 Å². The molecule has 0 fully saturated rings. The van der Waals surface area contributed by atoms with Gasteiger partial charge in [-0.25, -0.2) is 13.8 Å². The number of benzene rings is 3. The summed E-state index contributed by atoms with van der Waals surface area (Å²) in [4.78, 5) is 12.9. The van der Waals surface area contributed by atoms with Crippen molar-refractivity contribution in [3.8, 4) is 5.75 Å². The third-order valence-corrected chi connectivity index (χ3v) is 7.26. The van der Waals surface area contributed by atoms with Gasteiger partial charge in [0.2, 0.25) is 0 Å². The average Bonchev–Trinajstić information content (AvgIpc) is 2.77. The van der Waals surface area contributed by atoms with E-state index in [9.17, 15) is 13.2 Å². The Kier molecular flexibility index (Phi) is 8.11. The summed E-state index contributed by atoms with van der Waals surface area (Å²) >= 11 is 3.39. The first-order valence-corrected chi connectivity index (χ1v) is 12.7. The summed E-state index contributed by atoms with van der Waals surface area (Å²) in [5, 5.41) is 3.99. The molecule has 1 N–H and O–H groups in total. The van der Waals surface area contributed by atoms with Crippen LogP contribution in [0.15, 0.2) is 75.1 Å². The normalized spacial score (nSPS) is 11.4. The molecule has 178 valence electrons. The Hall–Kier alpha value is -3.17. The Morgan fingerprint density at radius 1 is 1.00 bits per heavy atom. The Bertz CT molecular complexity index is 1300. The van der Waals surface area contributed by atoms with E-state index in [0.29, 0.717) is 17.0 Å². The van der Waals surface area contributed by atoms with E-state index in [1.807, 2.05) is 32.9 Å². The number of halogens is 1. The van der Waals surface area contributed by atoms with Crippen molar-refractivity contribution in [3.63, 3.8) is 0 Å². The first kappa shape index (κ1) is 25.5. The molecule has 3 aromatic rings. The molecule has 0 aliphatic carbocycles. The van der Waals surface area contributed by atoms with Crippen LogP contribution in [0.3, 0.4) is 0 Å². The van der Waals surface area contributed by atoms with Crippen LogP contribution in [0, 0.1) is 20.8 Å². The second-order valence-corrected chi connectivity index (χ2v) is 10.6. The lowest BCUT2D eigenvalue weighted by atomic mass is 10.1. The molecule has 0 aromatic heterocycles. The standard InChI is InChI=1S/C25H26BrN3O4S/c1-17-5-8-23(9-6-17)34(31,32)29(22-12-18(2)11-19(3)13-22)16-25(30)28-27-15-20-14-21(26)7-10-24(20)33-4/h5-15H,16H2,1-4H3,(H,28,30)/b27-15-. The molecule has 34 heavy (non-hydrogen) atoms. The van der Waals surface area contributed by atoms with Gasteiger partial charge in [0.15, 0.2) is 0 Å². The highest BCUT2D eigenvalue weighted by Gasteiger charge is 2.27. The number of amides is 1. The summed E-state index contributed by atoms with van der Waals surface area (Å²) in [5.41, 5.74) is 6.19. The maximum absolute atomic E-state index is 13.5. The fourth-order valence-corrected chi connectivity index (χ4v) is 5.18. The third kappa shape index (κ3) is 6.24. The van der Waals surface area contributed by atoms with E-state index >= 15 is 0 Å². The summed E-state index contributed by atoms with van der Waals surface area (Å²) in [6, 6.07) is 17.3. The molecule has 3 rings (SSSR count). The minimum atomic E-state index is -4.00. The van der Waals surface area contributed by atoms with E-state index in [2.05, 4.69) is 26.5 Å². The van der Waals surface area contributed by atoms with Crippen molar-refractivity contribution in [1.82, 2.24) is 5.43 Å². The average molecular weight is 544 g/mol. The summed E-state index contributed by atoms with van der Waals surface area (Å²) < 4.78 is 34.2. The molecule has 0 atom stereocenters. The summed E-state index contributed by atoms with van der Waals surface area (Å²) in [7, 11) is -2.46. The third-order valence-electron chi connectivity index (χ3n) is 4.98. The molecular weight excluding hydrogens is 518 g/mol. The highest BCUT2D eigenvalue weighted by molar-refractivity contribution is 9.10. The molecule has 0 radical (unpaired) electrons. The Balaban J connectivity index is 1.89. The maximum Gasteiger partial charge on any atom is 0.264 e. The SMILES string of the molecule is COc1ccc(Br)cc1/C=N\NC(=O)CN(c1cc(C)cc(C)c1)S(=O)(=O)c1ccc(C)cc1. The molecule has 1 amide bonds. The van der Waals surface area contributed by atoms with Crippen LogP contribution in [-0.4, -0.2) is 34.2 Å². The van der Waals surface area contributed by atoms with E-state index in [0.717, 1.165) is 25.5 Å². The number of rotatable bonds is 8. The van der Waals surface area contributed by atoms with E-state index < -0.39 is 22.5 Å². The first-order chi connectivity index (χ1) is 16.1. The van der Waals surface area contributed by atoms with Crippen molar-refractivity contribution in [3.05, 3.63) is 87.4 Å². The van der Waals surface area contributed by atoms with E-state index in [-0.39, 0.29) is 4.90 Å². The number of carbonyl (C=O) groups excluding carboxylic acids is 1. The summed E-state index contributed by atoms with van der Waals surface area (Å²) in [6.45, 7) is 5.20. The monoisotopic (exact) mass is 543 g/mol. The molecule has 0 unspecified atom stereocenters. The molecule has 0 heterocycles. The zero-order valence-electron chi connectivity index (χ0n) is 19.4. The van der Waals surface area contributed by atoms with Gasteiger partial charge in [-0.15, -0.1) is 0 Å². The zero-order chi connectivity index (χ0) is 24.9. The van der Waals surface area contributed by atoms with Gasteiger partial charge >= 0.3 is 0 Å². The van der Waals surface area contributed by atoms with Crippen LogP contribution in [0.5, 0.6) is 5.75 Å². The lowest BCUT2D eigenvalue weighted by Crippen LogP contribution is -2.39. The fourth-order valence-electron chi connectivity index (χ4n) is 3.39. The largest absolute Gasteiger partial charge is 0.496 e. The van der Waals surface area contributed by atoms with Crippen molar-refractivity contribution in [2.75, 3.05) is 18.0 Å². The quantitative estimate of drug-likeness (QED) is 0.328. The first-order valence-electron chi connectivity index (χ1n) is 10.4. The van der Waals surface area contributed by atoms with Crippen molar-refractivity contribution in [2.24, 2.45) is 5.10 Å². The number of sulfonamides is 1. The van der Waals surface area contributed by atoms with Gasteiger partial charge in [0.05, 0.1) is 23.9 Å². The van der Waals surface area contributed by atoms with Crippen LogP contribution in [0.2, 0.25) is 0 Å². The van der Waals surface area contributed by atoms with Crippen LogP contribution in [0.4, 0.5) is 5.69 Å². The number of methoxy groups -OCH3 is 1. The van der Waals surface area contributed by atoms with Crippen molar-refractivity contribution in [2.45, 2.75) is 25.7 Å². The Labute approximate surface area is 208 Å². The van der Waals surface area contributed by atoms with Crippen molar-refractivity contribution < 1.29 is 17.9 Å². The number of nitrogens with zero attached hydrogens (tertiary/aromatic N) is 2. The number of nitrogens with one attached hydrogen (secondary N) is 1. The van der Waals surface area contributed by atoms with Gasteiger partial charge < -0.3 is 4.74 Å². The number of hydrogen-bond acceptors (Lipinski definition) is 5. The van der Waals surface area contributed by atoms with Crippen LogP contribution >= 0.6 is 15.9 Å². The summed E-state index contributed by atoms with van der Waals surface area (Å²) in [6.07, 6.45) is 1.44. The number of anilines is 1. The molecule has 0 saturated heterocycles. The molecule has 0 bridgehead atoms. The molecule has 0 saturated carbocycles. The Morgan fingerprint density at radius 2 is 1.65 bits per heavy atom. The van der Waals surface area contributed by atoms with Gasteiger partial charge in [-0.3, -0.25) is 9.10 Å². The molecule has 0 spiro atoms. The minimum absolute atomic E-state index is 0.104. The van der Waals surface area contributed by atoms with Crippen LogP contribution in [0.25, 0.3) is 0 Å². The van der Waals surface area contributed by atoms with Crippen LogP contribution < -0.4 is 14.5 Å². The topological polar surface area (TPSA) is 88.1 Å². The maximum atomic E-state index is 13.5. The Morgan fingerprint density at radius 3 is 2.26 bits per heavy atom. The van der Waals surface area contributed by atoms with Crippen molar-refractivity contribution in [1.29, 1.82) is 0 Å². The highest BCUT2D eigenvalue weighted by Crippen LogP contribution is 2.26. The number of aryl methyl sites for hydroxylation is 3. The van der Waals surface area contributed by atoms with E-state index in [1.165, 1.54) is 25.5 Å². The van der Waals surface area contributed by atoms with Crippen LogP contribution in [0.1, 0.15) is 22.3 Å². The molecule has 9 heteroatoms. The van der Waals surface area contributed by atoms with Gasteiger partial charge in [-0.2, -0.15) is 5.10 Å². The van der Waals surface area contributed by atoms with Gasteiger partial charge in [0, 0.05) is 10.0 Å². The molecule has 7 nitrogen and oxygen atoms in total. The lowest BCUT2D eigenvalue weighted by Gasteiger charge is -2.24. The van der Waals surface area contributed by atoms with E-state index in [1.54, 1.807) is 36.4 Å². The molecule has 3 aromatic carbocycles. The van der Waals surface area contributed by atoms with Gasteiger partial charge in [0.25, 0.3) is 15.9 Å². The molecule has 0 aliphatic heterocycles. The number of hydrazone groups is 1. The second kappa shape index (κ2) is 10.8. The number of hydrogen-bond donors (Lipinski definition) is 1. The smallest absolute Gasteiger partial charge is 0.264 e. The van der Waals surface area contributed by atoms with Gasteiger partial charge in [-0.1, -0.05) is 39.7 Å². The predicted octanol–water partition coefficient (Wildman–Crippen LogP) is 4.73. The minimum Gasteiger partial charge on any atom is -0.496 e. The number of ether oxygens (including phenoxy) is 1. The highest BCUT2D eigenvalue weighted by atomic mass is 79.9.